The van der Waals surface area contributed by atoms with Gasteiger partial charge in [-0.25, -0.2) is 12.8 Å². The number of nitrogens with one attached hydrogen (secondary N) is 2. The van der Waals surface area contributed by atoms with Crippen molar-refractivity contribution in [2.24, 2.45) is 4.99 Å². The van der Waals surface area contributed by atoms with Gasteiger partial charge in [-0.1, -0.05) is 18.6 Å². The maximum absolute atomic E-state index is 13.7. The number of rotatable bonds is 8. The molecule has 0 unspecified atom stereocenters. The van der Waals surface area contributed by atoms with Crippen LogP contribution in [0.2, 0.25) is 0 Å². The lowest BCUT2D eigenvalue weighted by molar-refractivity contribution is 0.235. The Morgan fingerprint density at radius 3 is 2.62 bits per heavy atom. The van der Waals surface area contributed by atoms with Crippen molar-refractivity contribution in [1.82, 2.24) is 15.5 Å². The summed E-state index contributed by atoms with van der Waals surface area (Å²) in [4.78, 5) is 6.65. The van der Waals surface area contributed by atoms with E-state index in [0.717, 1.165) is 25.7 Å². The van der Waals surface area contributed by atoms with Crippen LogP contribution >= 0.6 is 0 Å². The minimum absolute atomic E-state index is 0.173. The Hall–Kier alpha value is -1.67. The zero-order chi connectivity index (χ0) is 18.8. The SMILES string of the molecule is CCNC(=NCCN1CCCCC1)NCCS(=O)(=O)c1ccccc1F. The van der Waals surface area contributed by atoms with Crippen LogP contribution in [0.15, 0.2) is 34.2 Å². The smallest absolute Gasteiger partial charge is 0.191 e. The van der Waals surface area contributed by atoms with Crippen LogP contribution in [0.1, 0.15) is 26.2 Å². The van der Waals surface area contributed by atoms with Gasteiger partial charge in [-0.3, -0.25) is 4.99 Å². The molecule has 0 spiro atoms. The van der Waals surface area contributed by atoms with Crippen molar-refractivity contribution in [2.45, 2.75) is 31.1 Å². The van der Waals surface area contributed by atoms with Crippen LogP contribution in [-0.4, -0.2) is 64.3 Å². The predicted molar refractivity (Wildman–Crippen MR) is 103 cm³/mol. The van der Waals surface area contributed by atoms with Crippen LogP contribution < -0.4 is 10.6 Å². The van der Waals surface area contributed by atoms with Gasteiger partial charge in [0.05, 0.1) is 12.3 Å². The topological polar surface area (TPSA) is 73.8 Å². The van der Waals surface area contributed by atoms with E-state index in [1.54, 1.807) is 0 Å². The Morgan fingerprint density at radius 2 is 1.92 bits per heavy atom. The van der Waals surface area contributed by atoms with E-state index in [0.29, 0.717) is 19.0 Å². The second kappa shape index (κ2) is 10.5. The van der Waals surface area contributed by atoms with E-state index >= 15 is 0 Å². The van der Waals surface area contributed by atoms with Crippen molar-refractivity contribution in [3.63, 3.8) is 0 Å². The first-order valence-corrected chi connectivity index (χ1v) is 10.9. The third-order valence-electron chi connectivity index (χ3n) is 4.31. The van der Waals surface area contributed by atoms with Crippen molar-refractivity contribution in [3.05, 3.63) is 30.1 Å². The number of benzene rings is 1. The highest BCUT2D eigenvalue weighted by atomic mass is 32.2. The second-order valence-electron chi connectivity index (χ2n) is 6.34. The maximum atomic E-state index is 13.7. The van der Waals surface area contributed by atoms with Gasteiger partial charge in [-0.2, -0.15) is 0 Å². The molecular weight excluding hydrogens is 355 g/mol. The van der Waals surface area contributed by atoms with Crippen molar-refractivity contribution in [1.29, 1.82) is 0 Å². The van der Waals surface area contributed by atoms with Gasteiger partial charge in [0.1, 0.15) is 10.7 Å². The third-order valence-corrected chi connectivity index (χ3v) is 6.06. The molecule has 0 radical (unpaired) electrons. The average Bonchev–Trinajstić information content (AvgIpc) is 2.63. The van der Waals surface area contributed by atoms with Gasteiger partial charge in [0.25, 0.3) is 0 Å². The number of likely N-dealkylation sites (tertiary alicyclic amines) is 1. The molecule has 2 rings (SSSR count). The molecular formula is C18H29FN4O2S. The highest BCUT2D eigenvalue weighted by molar-refractivity contribution is 7.91. The van der Waals surface area contributed by atoms with Crippen LogP contribution in [0.3, 0.4) is 0 Å². The van der Waals surface area contributed by atoms with E-state index in [9.17, 15) is 12.8 Å². The zero-order valence-electron chi connectivity index (χ0n) is 15.4. The molecule has 1 aliphatic rings. The fraction of sp³-hybridized carbons (Fsp3) is 0.611. The number of halogens is 1. The predicted octanol–water partition coefficient (Wildman–Crippen LogP) is 1.64. The van der Waals surface area contributed by atoms with Gasteiger partial charge in [0.2, 0.25) is 0 Å². The second-order valence-corrected chi connectivity index (χ2v) is 8.42. The minimum atomic E-state index is -3.67. The number of hydrogen-bond acceptors (Lipinski definition) is 4. The molecule has 8 heteroatoms. The van der Waals surface area contributed by atoms with Crippen molar-refractivity contribution in [3.8, 4) is 0 Å². The summed E-state index contributed by atoms with van der Waals surface area (Å²) in [7, 11) is -3.67. The number of aliphatic imine (C=N–C) groups is 1. The fourth-order valence-electron chi connectivity index (χ4n) is 2.94. The number of guanidine groups is 1. The first-order chi connectivity index (χ1) is 12.5. The average molecular weight is 385 g/mol. The lowest BCUT2D eigenvalue weighted by Gasteiger charge is -2.25. The lowest BCUT2D eigenvalue weighted by atomic mass is 10.1. The Morgan fingerprint density at radius 1 is 1.19 bits per heavy atom. The van der Waals surface area contributed by atoms with Crippen LogP contribution in [0.25, 0.3) is 0 Å². The summed E-state index contributed by atoms with van der Waals surface area (Å²) in [5, 5.41) is 6.13. The first kappa shape index (κ1) is 20.6. The summed E-state index contributed by atoms with van der Waals surface area (Å²) >= 11 is 0. The van der Waals surface area contributed by atoms with Crippen LogP contribution in [-0.2, 0) is 9.84 Å². The molecule has 0 aromatic heterocycles. The standard InChI is InChI=1S/C18H29FN4O2S/c1-2-20-18(21-10-14-23-12-6-3-7-13-23)22-11-15-26(24,25)17-9-5-4-8-16(17)19/h4-5,8-9H,2-3,6-7,10-15H2,1H3,(H2,20,21,22). The van der Waals surface area contributed by atoms with Gasteiger partial charge in [-0.15, -0.1) is 0 Å². The van der Waals surface area contributed by atoms with Crippen LogP contribution in [0.5, 0.6) is 0 Å². The molecule has 146 valence electrons. The first-order valence-electron chi connectivity index (χ1n) is 9.25. The normalized spacial score (nSPS) is 16.5. The number of sulfone groups is 1. The molecule has 26 heavy (non-hydrogen) atoms. The van der Waals surface area contributed by atoms with Gasteiger partial charge in [0, 0.05) is 19.6 Å². The van der Waals surface area contributed by atoms with Crippen molar-refractivity contribution in [2.75, 3.05) is 45.0 Å². The summed E-state index contributed by atoms with van der Waals surface area (Å²) in [6, 6.07) is 5.45. The van der Waals surface area contributed by atoms with E-state index in [-0.39, 0.29) is 17.2 Å². The van der Waals surface area contributed by atoms with Gasteiger partial charge >= 0.3 is 0 Å². The van der Waals surface area contributed by atoms with E-state index in [2.05, 4.69) is 20.5 Å². The summed E-state index contributed by atoms with van der Waals surface area (Å²) < 4.78 is 38.2. The summed E-state index contributed by atoms with van der Waals surface area (Å²) in [6.45, 7) is 6.64. The Bertz CT molecular complexity index is 688. The molecule has 1 aromatic rings. The lowest BCUT2D eigenvalue weighted by Crippen LogP contribution is -2.40. The summed E-state index contributed by atoms with van der Waals surface area (Å²) in [6.07, 6.45) is 3.80. The molecule has 1 saturated heterocycles. The number of nitrogens with zero attached hydrogens (tertiary/aromatic N) is 2. The quantitative estimate of drug-likeness (QED) is 0.527. The number of piperidine rings is 1. The van der Waals surface area contributed by atoms with Crippen LogP contribution in [0.4, 0.5) is 4.39 Å². The molecule has 1 aliphatic heterocycles. The summed E-state index contributed by atoms with van der Waals surface area (Å²) in [5.74, 6) is -0.312. The zero-order valence-corrected chi connectivity index (χ0v) is 16.2. The molecule has 0 aliphatic carbocycles. The van der Waals surface area contributed by atoms with Gasteiger partial charge in [-0.05, 0) is 45.0 Å². The highest BCUT2D eigenvalue weighted by Crippen LogP contribution is 2.14. The van der Waals surface area contributed by atoms with Crippen molar-refractivity contribution < 1.29 is 12.8 Å². The molecule has 0 atom stereocenters. The van der Waals surface area contributed by atoms with E-state index in [1.165, 1.54) is 37.5 Å². The van der Waals surface area contributed by atoms with Crippen LogP contribution in [0, 0.1) is 5.82 Å². The molecule has 0 bridgehead atoms. The maximum Gasteiger partial charge on any atom is 0.191 e. The Balaban J connectivity index is 1.83. The molecule has 6 nitrogen and oxygen atoms in total. The Kier molecular flexibility index (Phi) is 8.31. The molecule has 1 aromatic carbocycles. The molecule has 0 amide bonds. The monoisotopic (exact) mass is 384 g/mol. The van der Waals surface area contributed by atoms with Gasteiger partial charge in [0.15, 0.2) is 15.8 Å². The third kappa shape index (κ3) is 6.57. The Labute approximate surface area is 155 Å². The largest absolute Gasteiger partial charge is 0.357 e. The molecule has 2 N–H and O–H groups in total. The summed E-state index contributed by atoms with van der Waals surface area (Å²) in [5.41, 5.74) is 0. The van der Waals surface area contributed by atoms with Gasteiger partial charge < -0.3 is 15.5 Å². The van der Waals surface area contributed by atoms with E-state index in [1.807, 2.05) is 6.92 Å². The molecule has 1 heterocycles. The van der Waals surface area contributed by atoms with E-state index in [4.69, 9.17) is 0 Å². The number of hydrogen-bond donors (Lipinski definition) is 2. The van der Waals surface area contributed by atoms with Crippen molar-refractivity contribution >= 4 is 15.8 Å². The molecule has 0 saturated carbocycles. The van der Waals surface area contributed by atoms with E-state index < -0.39 is 15.7 Å². The molecule has 1 fully saturated rings. The fourth-order valence-corrected chi connectivity index (χ4v) is 4.18. The minimum Gasteiger partial charge on any atom is -0.357 e. The highest BCUT2D eigenvalue weighted by Gasteiger charge is 2.18.